The van der Waals surface area contributed by atoms with Gasteiger partial charge in [-0.1, -0.05) is 35.5 Å². The first-order valence-corrected chi connectivity index (χ1v) is 19.1. The molecule has 0 spiro atoms. The number of hydrogen-bond acceptors (Lipinski definition) is 15. The summed E-state index contributed by atoms with van der Waals surface area (Å²) in [6.45, 7) is -9.38. The van der Waals surface area contributed by atoms with Gasteiger partial charge in [0.2, 0.25) is 0 Å². The molecule has 10 atom stereocenters. The molecule has 0 bridgehead atoms. The summed E-state index contributed by atoms with van der Waals surface area (Å²) in [6, 6.07) is 3.10. The number of fused-ring (bicyclic) bond motifs is 4. The highest BCUT2D eigenvalue weighted by Gasteiger charge is 2.52. The van der Waals surface area contributed by atoms with Crippen LogP contribution in [-0.2, 0) is 43.9 Å². The van der Waals surface area contributed by atoms with Crippen LogP contribution in [0.2, 0.25) is 10.0 Å². The Balaban J connectivity index is 1.16. The predicted octanol–water partition coefficient (Wildman–Crippen LogP) is 2.35. The minimum Gasteiger partial charge on any atom is -0.386 e. The Morgan fingerprint density at radius 2 is 1.56 bits per heavy atom. The van der Waals surface area contributed by atoms with Gasteiger partial charge in [-0.3, -0.25) is 18.1 Å². The van der Waals surface area contributed by atoms with Gasteiger partial charge in [0.1, 0.15) is 48.5 Å². The normalized spacial score (nSPS) is 37.7. The largest absolute Gasteiger partial charge is 0.386 e. The second-order valence-electron chi connectivity index (χ2n) is 10.3. The Kier molecular flexibility index (Phi) is 8.46. The molecule has 1 aromatic carbocycles. The van der Waals surface area contributed by atoms with E-state index < -0.39 is 75.8 Å². The molecule has 23 heteroatoms. The smallest absolute Gasteiger partial charge is 0.386 e. The summed E-state index contributed by atoms with van der Waals surface area (Å²) in [7, 11) is 0. The number of aliphatic hydroxyl groups excluding tert-OH is 2. The number of nitrogen functional groups attached to an aromatic ring is 1. The van der Waals surface area contributed by atoms with Gasteiger partial charge in [-0.15, -0.1) is 0 Å². The summed E-state index contributed by atoms with van der Waals surface area (Å²) >= 11 is 21.7. The highest BCUT2D eigenvalue weighted by Crippen LogP contribution is 2.58. The van der Waals surface area contributed by atoms with Crippen LogP contribution in [-0.4, -0.2) is 94.0 Å². The zero-order chi connectivity index (χ0) is 31.8. The number of rotatable bonds is 2. The SMILES string of the molecule is Nc1ncnc2c1ncn2C1OC2COP(O)(=S)OC3C(COP(=O)(S)OC2C1O)OC(n1cnc2cc(Cl)c(Cl)cc21)C3O. The third-order valence-electron chi connectivity index (χ3n) is 7.48. The first-order valence-electron chi connectivity index (χ1n) is 13.0. The van der Waals surface area contributed by atoms with Gasteiger partial charge in [0.15, 0.2) is 23.9 Å². The van der Waals surface area contributed by atoms with Crippen LogP contribution in [0.1, 0.15) is 12.5 Å². The lowest BCUT2D eigenvalue weighted by molar-refractivity contribution is -0.0576. The molecule has 3 fully saturated rings. The molecule has 3 aliphatic heterocycles. The molecule has 3 aliphatic rings. The van der Waals surface area contributed by atoms with Gasteiger partial charge in [0, 0.05) is 0 Å². The van der Waals surface area contributed by atoms with Gasteiger partial charge >= 0.3 is 13.5 Å². The molecule has 3 aromatic heterocycles. The standard InChI is InChI=1S/C22H23Cl2N7O10P2S2/c23-8-1-10-11(2-9(8)24)30(6-28-10)21-15(32)17-12(38-21)3-36-43(35,45)41-18-13(4-37-42(34,44)40-17)39-22(16(18)33)31-7-29-14-19(25)26-5-27-20(14)31/h1-2,5-7,12-13,15-18,21-22,32-33H,3-4H2,(H,34,44)(H,35,45)(H2,25,26,27). The number of aliphatic hydroxyl groups is 2. The van der Waals surface area contributed by atoms with E-state index in [-0.39, 0.29) is 27.0 Å². The number of imidazole rings is 2. The number of benzene rings is 1. The van der Waals surface area contributed by atoms with Crippen LogP contribution < -0.4 is 5.73 Å². The minimum absolute atomic E-state index is 0.107. The maximum atomic E-state index is 13.5. The van der Waals surface area contributed by atoms with Gasteiger partial charge in [-0.2, -0.15) is 0 Å². The molecule has 10 unspecified atom stereocenters. The number of ether oxygens (including phenoxy) is 2. The number of nitrogens with zero attached hydrogens (tertiary/aromatic N) is 6. The second-order valence-corrected chi connectivity index (χ2v) is 16.8. The third-order valence-corrected chi connectivity index (χ3v) is 11.4. The molecular formula is C22H23Cl2N7O10P2S2. The van der Waals surface area contributed by atoms with E-state index in [0.29, 0.717) is 11.0 Å². The fourth-order valence-electron chi connectivity index (χ4n) is 5.41. The van der Waals surface area contributed by atoms with E-state index in [1.54, 1.807) is 12.1 Å². The Morgan fingerprint density at radius 1 is 0.933 bits per heavy atom. The first kappa shape index (κ1) is 32.1. The molecule has 7 rings (SSSR count). The van der Waals surface area contributed by atoms with Crippen molar-refractivity contribution < 1.29 is 47.2 Å². The molecule has 0 saturated carbocycles. The molecule has 6 heterocycles. The van der Waals surface area contributed by atoms with Crippen LogP contribution in [0.4, 0.5) is 5.82 Å². The van der Waals surface area contributed by atoms with Gasteiger partial charge in [0.05, 0.1) is 46.9 Å². The number of aromatic nitrogens is 6. The Bertz CT molecular complexity index is 1890. The van der Waals surface area contributed by atoms with Crippen molar-refractivity contribution in [3.05, 3.63) is 41.2 Å². The molecule has 0 aliphatic carbocycles. The first-order chi connectivity index (χ1) is 21.3. The number of anilines is 1. The van der Waals surface area contributed by atoms with Crippen molar-refractivity contribution in [2.45, 2.75) is 49.1 Å². The zero-order valence-corrected chi connectivity index (χ0v) is 27.4. The fraction of sp³-hybridized carbons (Fsp3) is 0.455. The molecular weight excluding hydrogens is 719 g/mol. The monoisotopic (exact) mass is 741 g/mol. The van der Waals surface area contributed by atoms with Crippen molar-refractivity contribution >= 4 is 88.8 Å². The van der Waals surface area contributed by atoms with Crippen LogP contribution in [0.15, 0.2) is 31.1 Å². The second kappa shape index (κ2) is 11.9. The average molecular weight is 742 g/mol. The lowest BCUT2D eigenvalue weighted by atomic mass is 10.1. The van der Waals surface area contributed by atoms with Gasteiger partial charge in [-0.05, 0) is 23.9 Å². The predicted molar refractivity (Wildman–Crippen MR) is 164 cm³/mol. The molecule has 0 amide bonds. The molecule has 4 aromatic rings. The van der Waals surface area contributed by atoms with Crippen LogP contribution in [0.5, 0.6) is 0 Å². The van der Waals surface area contributed by atoms with Crippen molar-refractivity contribution in [2.24, 2.45) is 0 Å². The highest BCUT2D eigenvalue weighted by atomic mass is 35.5. The van der Waals surface area contributed by atoms with E-state index in [0.717, 1.165) is 0 Å². The maximum Gasteiger partial charge on any atom is 0.386 e. The highest BCUT2D eigenvalue weighted by molar-refractivity contribution is 8.44. The molecule has 3 saturated heterocycles. The number of nitrogens with two attached hydrogens (primary N) is 1. The Labute approximate surface area is 273 Å². The van der Waals surface area contributed by atoms with E-state index in [1.807, 2.05) is 0 Å². The molecule has 0 radical (unpaired) electrons. The molecule has 45 heavy (non-hydrogen) atoms. The molecule has 17 nitrogen and oxygen atoms in total. The quantitative estimate of drug-likeness (QED) is 0.147. The average Bonchev–Trinajstić information content (AvgIpc) is 3.73. The summed E-state index contributed by atoms with van der Waals surface area (Å²) < 4.78 is 50.9. The zero-order valence-electron chi connectivity index (χ0n) is 22.4. The number of hydrogen-bond donors (Lipinski definition) is 5. The number of thiol groups is 1. The van der Waals surface area contributed by atoms with E-state index in [9.17, 15) is 19.7 Å². The topological polar surface area (TPSA) is 221 Å². The summed E-state index contributed by atoms with van der Waals surface area (Å²) in [5.41, 5.74) is 7.33. The van der Waals surface area contributed by atoms with E-state index >= 15 is 0 Å². The summed E-state index contributed by atoms with van der Waals surface area (Å²) in [6.07, 6.45) is -6.37. The van der Waals surface area contributed by atoms with Crippen molar-refractivity contribution in [1.82, 2.24) is 29.1 Å². The van der Waals surface area contributed by atoms with Gasteiger partial charge in [0.25, 0.3) is 0 Å². The summed E-state index contributed by atoms with van der Waals surface area (Å²) in [5, 5.41) is 23.1. The van der Waals surface area contributed by atoms with Crippen LogP contribution >= 0.6 is 49.0 Å². The van der Waals surface area contributed by atoms with Gasteiger partial charge < -0.3 is 39.4 Å². The third kappa shape index (κ3) is 5.92. The van der Waals surface area contributed by atoms with Crippen molar-refractivity contribution in [2.75, 3.05) is 18.9 Å². The van der Waals surface area contributed by atoms with Gasteiger partial charge in [-0.25, -0.2) is 24.5 Å². The van der Waals surface area contributed by atoms with E-state index in [1.165, 1.54) is 28.1 Å². The Morgan fingerprint density at radius 3 is 2.29 bits per heavy atom. The maximum absolute atomic E-state index is 13.5. The molecule has 5 N–H and O–H groups in total. The number of halogens is 2. The molecule has 242 valence electrons. The Hall–Kier alpha value is -1.51. The lowest BCUT2D eigenvalue weighted by Gasteiger charge is -2.29. The fourth-order valence-corrected chi connectivity index (χ4v) is 8.66. The van der Waals surface area contributed by atoms with E-state index in [4.69, 9.17) is 68.3 Å². The van der Waals surface area contributed by atoms with Crippen LogP contribution in [0.3, 0.4) is 0 Å². The van der Waals surface area contributed by atoms with Crippen LogP contribution in [0, 0.1) is 0 Å². The van der Waals surface area contributed by atoms with E-state index in [2.05, 4.69) is 32.2 Å². The lowest BCUT2D eigenvalue weighted by Crippen LogP contribution is -2.38. The summed E-state index contributed by atoms with van der Waals surface area (Å²) in [5.74, 6) is 0.107. The van der Waals surface area contributed by atoms with Crippen LogP contribution in [0.25, 0.3) is 22.2 Å². The minimum atomic E-state index is -4.26. The van der Waals surface area contributed by atoms with Crippen molar-refractivity contribution in [3.8, 4) is 0 Å². The summed E-state index contributed by atoms with van der Waals surface area (Å²) in [4.78, 5) is 27.5. The van der Waals surface area contributed by atoms with Crippen molar-refractivity contribution in [3.63, 3.8) is 0 Å². The van der Waals surface area contributed by atoms with Crippen molar-refractivity contribution in [1.29, 1.82) is 0 Å².